The van der Waals surface area contributed by atoms with Crippen molar-refractivity contribution in [2.45, 2.75) is 19.3 Å². The van der Waals surface area contributed by atoms with Crippen LogP contribution >= 0.6 is 0 Å². The van der Waals surface area contributed by atoms with E-state index in [4.69, 9.17) is 27.8 Å². The summed E-state index contributed by atoms with van der Waals surface area (Å²) in [4.78, 5) is 0. The molecule has 0 saturated carbocycles. The lowest BCUT2D eigenvalue weighted by atomic mass is 10.1. The van der Waals surface area contributed by atoms with Crippen molar-refractivity contribution in [2.24, 2.45) is 0 Å². The van der Waals surface area contributed by atoms with Gasteiger partial charge in [0.25, 0.3) is 0 Å². The molecule has 3 aromatic rings. The molecular weight excluding hydrogens is 398 g/mol. The van der Waals surface area contributed by atoms with E-state index in [1.54, 1.807) is 7.11 Å². The molecule has 0 unspecified atom stereocenters. The van der Waals surface area contributed by atoms with Gasteiger partial charge in [-0.15, -0.1) is 10.2 Å². The number of piperidine rings is 1. The maximum atomic E-state index is 8.49. The Labute approximate surface area is 170 Å². The first-order chi connectivity index (χ1) is 13.8. The Hall–Kier alpha value is -2.42. The molecule has 1 saturated heterocycles. The smallest absolute Gasteiger partial charge is 0.214 e. The molecule has 4 rings (SSSR count). The minimum atomic E-state index is -4.94. The van der Waals surface area contributed by atoms with Crippen molar-refractivity contribution < 1.29 is 38.0 Å². The Bertz CT molecular complexity index is 1010. The second-order valence-corrected chi connectivity index (χ2v) is 7.41. The summed E-state index contributed by atoms with van der Waals surface area (Å²) >= 11 is 0. The van der Waals surface area contributed by atoms with E-state index in [0.29, 0.717) is 0 Å². The molecule has 1 aliphatic rings. The van der Waals surface area contributed by atoms with Gasteiger partial charge in [-0.05, 0) is 24.6 Å². The summed E-state index contributed by atoms with van der Waals surface area (Å²) in [5.41, 5.74) is 2.01. The maximum Gasteiger partial charge on any atom is 0.214 e. The van der Waals surface area contributed by atoms with Gasteiger partial charge in [-0.3, -0.25) is 0 Å². The van der Waals surface area contributed by atoms with Gasteiger partial charge >= 0.3 is 0 Å². The largest absolute Gasteiger partial charge is 0.497 e. The summed E-state index contributed by atoms with van der Waals surface area (Å²) in [6.45, 7) is 2.20. The lowest BCUT2D eigenvalue weighted by Crippen LogP contribution is -2.68. The highest BCUT2D eigenvalue weighted by Gasteiger charge is 2.16. The van der Waals surface area contributed by atoms with Crippen LogP contribution < -0.4 is 33.3 Å². The van der Waals surface area contributed by atoms with Crippen LogP contribution in [0.2, 0.25) is 0 Å². The molecule has 1 aromatic heterocycles. The zero-order chi connectivity index (χ0) is 20.9. The van der Waals surface area contributed by atoms with E-state index < -0.39 is 10.2 Å². The van der Waals surface area contributed by atoms with Crippen molar-refractivity contribution in [2.75, 3.05) is 20.2 Å². The van der Waals surface area contributed by atoms with E-state index in [9.17, 15) is 0 Å². The minimum Gasteiger partial charge on any atom is -0.497 e. The molecule has 2 heterocycles. The fourth-order valence-corrected chi connectivity index (χ4v) is 3.42. The first-order valence-corrected chi connectivity index (χ1v) is 10.5. The standard InChI is InChI=1S/C21H22NO2.ClHO4/c1-23-17-10-11-20-18(14-17)19(22-12-6-3-7-13-22)15-21(24-20)16-8-4-2-5-9-16;2-1(3,4)5/h2,4-5,8-11,14-15H,3,6-7,12-13H2,1H3;(H,2,3,4,5)/q+1;/p-1. The van der Waals surface area contributed by atoms with Gasteiger partial charge < -0.3 is 9.15 Å². The molecule has 1 aliphatic heterocycles. The third-order valence-electron chi connectivity index (χ3n) is 4.71. The summed E-state index contributed by atoms with van der Waals surface area (Å²) in [5.74, 6) is 1.78. The van der Waals surface area contributed by atoms with Crippen LogP contribution in [0.3, 0.4) is 0 Å². The van der Waals surface area contributed by atoms with Gasteiger partial charge in [0.05, 0.1) is 18.6 Å². The normalized spacial score (nSPS) is 14.3. The van der Waals surface area contributed by atoms with Crippen LogP contribution in [0.1, 0.15) is 19.3 Å². The van der Waals surface area contributed by atoms with Crippen LogP contribution in [0.15, 0.2) is 59.0 Å². The van der Waals surface area contributed by atoms with Gasteiger partial charge in [-0.2, -0.15) is 0 Å². The zero-order valence-electron chi connectivity index (χ0n) is 16.0. The number of fused-ring (bicyclic) bond motifs is 1. The predicted octanol–water partition coefficient (Wildman–Crippen LogP) is -0.691. The Morgan fingerprint density at radius 2 is 1.55 bits per heavy atom. The fourth-order valence-electron chi connectivity index (χ4n) is 3.42. The predicted molar refractivity (Wildman–Crippen MR) is 97.1 cm³/mol. The van der Waals surface area contributed by atoms with E-state index in [1.807, 2.05) is 30.3 Å². The van der Waals surface area contributed by atoms with Crippen molar-refractivity contribution in [3.05, 3.63) is 60.0 Å². The fraction of sp³-hybridized carbons (Fsp3) is 0.286. The van der Waals surface area contributed by atoms with Gasteiger partial charge in [0.15, 0.2) is 0 Å². The topological polar surface area (TPSA) is 118 Å². The lowest BCUT2D eigenvalue weighted by molar-refractivity contribution is -2.00. The second kappa shape index (κ2) is 9.39. The molecule has 0 N–H and O–H groups in total. The number of methoxy groups -OCH3 is 1. The lowest BCUT2D eigenvalue weighted by Gasteiger charge is -2.17. The van der Waals surface area contributed by atoms with Crippen LogP contribution in [-0.2, 0) is 0 Å². The van der Waals surface area contributed by atoms with E-state index in [2.05, 4.69) is 28.8 Å². The average molecular weight is 420 g/mol. The van der Waals surface area contributed by atoms with Gasteiger partial charge in [-0.1, -0.05) is 30.3 Å². The number of hydrogen-bond acceptors (Lipinski definition) is 6. The Balaban J connectivity index is 0.000000431. The highest BCUT2D eigenvalue weighted by Crippen LogP contribution is 2.24. The third-order valence-corrected chi connectivity index (χ3v) is 4.71. The van der Waals surface area contributed by atoms with Gasteiger partial charge in [0.2, 0.25) is 5.36 Å². The number of benzene rings is 2. The van der Waals surface area contributed by atoms with E-state index in [-0.39, 0.29) is 0 Å². The van der Waals surface area contributed by atoms with Gasteiger partial charge in [0, 0.05) is 18.4 Å². The molecule has 154 valence electrons. The van der Waals surface area contributed by atoms with Crippen molar-refractivity contribution in [3.63, 3.8) is 0 Å². The summed E-state index contributed by atoms with van der Waals surface area (Å²) in [6.07, 6.45) is 3.82. The summed E-state index contributed by atoms with van der Waals surface area (Å²) in [6, 6.07) is 18.5. The monoisotopic (exact) mass is 419 g/mol. The molecule has 29 heavy (non-hydrogen) atoms. The number of rotatable bonds is 2. The Kier molecular flexibility index (Phi) is 6.89. The molecule has 0 amide bonds. The zero-order valence-corrected chi connectivity index (χ0v) is 16.8. The molecule has 8 heteroatoms. The third kappa shape index (κ3) is 6.03. The van der Waals surface area contributed by atoms with Crippen LogP contribution in [0.4, 0.5) is 0 Å². The number of nitrogens with zero attached hydrogens (tertiary/aromatic N) is 1. The molecule has 0 spiro atoms. The molecule has 0 aliphatic carbocycles. The van der Waals surface area contributed by atoms with Crippen LogP contribution in [0, 0.1) is 10.2 Å². The first-order valence-electron chi connectivity index (χ1n) is 9.22. The SMILES string of the molecule is COc1ccc2oc(-c3ccccc3)cc(=[N+]3CCCCC3)c2c1.[O-][Cl+3]([O-])([O-])[O-]. The van der Waals surface area contributed by atoms with E-state index in [1.165, 1.54) is 24.6 Å². The van der Waals surface area contributed by atoms with Gasteiger partial charge in [-0.25, -0.2) is 23.2 Å². The van der Waals surface area contributed by atoms with Crippen molar-refractivity contribution >= 4 is 11.0 Å². The molecule has 2 aromatic carbocycles. The van der Waals surface area contributed by atoms with Gasteiger partial charge in [0.1, 0.15) is 30.2 Å². The number of ether oxygens (including phenoxy) is 1. The summed E-state index contributed by atoms with van der Waals surface area (Å²) in [7, 11) is -3.24. The maximum absolute atomic E-state index is 8.49. The molecule has 7 nitrogen and oxygen atoms in total. The van der Waals surface area contributed by atoms with Crippen molar-refractivity contribution in [1.82, 2.24) is 4.58 Å². The summed E-state index contributed by atoms with van der Waals surface area (Å²) < 4.78 is 48.1. The van der Waals surface area contributed by atoms with Crippen molar-refractivity contribution in [3.8, 4) is 17.1 Å². The second-order valence-electron chi connectivity index (χ2n) is 6.65. The highest BCUT2D eigenvalue weighted by molar-refractivity contribution is 5.80. The molecular formula is C21H22ClNO6. The van der Waals surface area contributed by atoms with Crippen LogP contribution in [0.25, 0.3) is 22.3 Å². The Morgan fingerprint density at radius 3 is 2.17 bits per heavy atom. The van der Waals surface area contributed by atoms with Crippen LogP contribution in [0.5, 0.6) is 5.75 Å². The Morgan fingerprint density at radius 1 is 0.897 bits per heavy atom. The molecule has 0 bridgehead atoms. The highest BCUT2D eigenvalue weighted by atomic mass is 35.7. The van der Waals surface area contributed by atoms with Crippen LogP contribution in [-0.4, -0.2) is 20.2 Å². The van der Waals surface area contributed by atoms with Crippen molar-refractivity contribution in [1.29, 1.82) is 0 Å². The molecule has 0 atom stereocenters. The van der Waals surface area contributed by atoms with E-state index in [0.717, 1.165) is 41.1 Å². The summed E-state index contributed by atoms with van der Waals surface area (Å²) in [5, 5.41) is 2.37. The van der Waals surface area contributed by atoms with E-state index >= 15 is 0 Å². The molecule has 1 fully saturated rings. The minimum absolute atomic E-state index is 0.864. The average Bonchev–Trinajstić information content (AvgIpc) is 2.72. The number of hydrogen-bond donors (Lipinski definition) is 0. The molecule has 0 radical (unpaired) electrons. The quantitative estimate of drug-likeness (QED) is 0.507. The number of halogens is 1. The first kappa shape index (κ1) is 21.3.